The van der Waals surface area contributed by atoms with Crippen LogP contribution in [0.2, 0.25) is 0 Å². The third-order valence-corrected chi connectivity index (χ3v) is 2.89. The van der Waals surface area contributed by atoms with Crippen LogP contribution in [0.5, 0.6) is 0 Å². The summed E-state index contributed by atoms with van der Waals surface area (Å²) in [4.78, 5) is 3.99. The zero-order valence-corrected chi connectivity index (χ0v) is 9.92. The Kier molecular flexibility index (Phi) is 2.83. The number of aromatic nitrogens is 2. The molecular formula is C15H10F2N2. The molecule has 0 fully saturated rings. The van der Waals surface area contributed by atoms with E-state index in [0.29, 0.717) is 5.69 Å². The fourth-order valence-electron chi connectivity index (χ4n) is 2.02. The molecule has 3 rings (SSSR count). The highest BCUT2D eigenvalue weighted by molar-refractivity contribution is 5.63. The third kappa shape index (κ3) is 2.01. The average molecular weight is 256 g/mol. The first kappa shape index (κ1) is 11.6. The molecule has 0 radical (unpaired) electrons. The Morgan fingerprint density at radius 1 is 0.842 bits per heavy atom. The maximum atomic E-state index is 13.8. The summed E-state index contributed by atoms with van der Waals surface area (Å²) < 4.78 is 29.3. The summed E-state index contributed by atoms with van der Waals surface area (Å²) in [6.07, 6.45) is 2.99. The Morgan fingerprint density at radius 2 is 1.53 bits per heavy atom. The van der Waals surface area contributed by atoms with Crippen LogP contribution in [-0.4, -0.2) is 9.55 Å². The maximum Gasteiger partial charge on any atom is 0.135 e. The molecule has 1 heterocycles. The van der Waals surface area contributed by atoms with Crippen molar-refractivity contribution in [2.45, 2.75) is 0 Å². The summed E-state index contributed by atoms with van der Waals surface area (Å²) in [5.41, 5.74) is 1.13. The maximum absolute atomic E-state index is 13.8. The van der Waals surface area contributed by atoms with Crippen molar-refractivity contribution in [3.63, 3.8) is 0 Å². The van der Waals surface area contributed by atoms with Gasteiger partial charge in [0, 0.05) is 5.69 Å². The zero-order valence-electron chi connectivity index (χ0n) is 9.92. The molecule has 0 saturated heterocycles. The van der Waals surface area contributed by atoms with Crippen molar-refractivity contribution in [3.05, 3.63) is 72.7 Å². The van der Waals surface area contributed by atoms with Crippen molar-refractivity contribution in [1.82, 2.24) is 9.55 Å². The molecule has 1 aromatic heterocycles. The van der Waals surface area contributed by atoms with E-state index in [1.807, 2.05) is 30.3 Å². The van der Waals surface area contributed by atoms with Gasteiger partial charge in [0.2, 0.25) is 0 Å². The fourth-order valence-corrected chi connectivity index (χ4v) is 2.02. The topological polar surface area (TPSA) is 17.8 Å². The lowest BCUT2D eigenvalue weighted by molar-refractivity contribution is 0.588. The smallest absolute Gasteiger partial charge is 0.135 e. The first-order chi connectivity index (χ1) is 9.27. The number of hydrogen-bond acceptors (Lipinski definition) is 1. The van der Waals surface area contributed by atoms with E-state index >= 15 is 0 Å². The first-order valence-electron chi connectivity index (χ1n) is 5.79. The van der Waals surface area contributed by atoms with Gasteiger partial charge >= 0.3 is 0 Å². The van der Waals surface area contributed by atoms with Gasteiger partial charge < -0.3 is 0 Å². The number of rotatable bonds is 2. The number of nitrogens with zero attached hydrogens (tertiary/aromatic N) is 2. The Hall–Kier alpha value is -2.49. The minimum atomic E-state index is -0.599. The van der Waals surface area contributed by atoms with Crippen LogP contribution in [0.25, 0.3) is 16.9 Å². The van der Waals surface area contributed by atoms with Crippen LogP contribution in [0, 0.1) is 11.6 Å². The first-order valence-corrected chi connectivity index (χ1v) is 5.79. The lowest BCUT2D eigenvalue weighted by atomic mass is 10.1. The van der Waals surface area contributed by atoms with E-state index in [4.69, 9.17) is 0 Å². The number of imidazole rings is 1. The van der Waals surface area contributed by atoms with Gasteiger partial charge in [-0.1, -0.05) is 24.3 Å². The largest absolute Gasteiger partial charge is 0.299 e. The van der Waals surface area contributed by atoms with Crippen LogP contribution in [0.1, 0.15) is 0 Å². The normalized spacial score (nSPS) is 10.6. The zero-order chi connectivity index (χ0) is 13.2. The van der Waals surface area contributed by atoms with Gasteiger partial charge in [-0.25, -0.2) is 13.8 Å². The summed E-state index contributed by atoms with van der Waals surface area (Å²) in [6, 6.07) is 13.1. The summed E-state index contributed by atoms with van der Waals surface area (Å²) in [7, 11) is 0. The summed E-state index contributed by atoms with van der Waals surface area (Å²) in [5.74, 6) is -1.20. The molecular weight excluding hydrogens is 246 g/mol. The molecule has 0 spiro atoms. The SMILES string of the molecule is Fc1cccc(F)c1-c1cncn1-c1ccccc1. The Labute approximate surface area is 109 Å². The van der Waals surface area contributed by atoms with E-state index in [2.05, 4.69) is 4.98 Å². The summed E-state index contributed by atoms with van der Waals surface area (Å²) in [6.45, 7) is 0. The van der Waals surface area contributed by atoms with Crippen molar-refractivity contribution in [1.29, 1.82) is 0 Å². The Bertz CT molecular complexity index is 685. The minimum Gasteiger partial charge on any atom is -0.299 e. The van der Waals surface area contributed by atoms with Crippen LogP contribution in [0.15, 0.2) is 61.1 Å². The number of para-hydroxylation sites is 1. The van der Waals surface area contributed by atoms with Gasteiger partial charge in [0.1, 0.15) is 11.6 Å². The molecule has 2 aromatic carbocycles. The van der Waals surface area contributed by atoms with E-state index in [1.165, 1.54) is 30.7 Å². The molecule has 0 aliphatic rings. The van der Waals surface area contributed by atoms with E-state index < -0.39 is 11.6 Å². The number of hydrogen-bond donors (Lipinski definition) is 0. The van der Waals surface area contributed by atoms with Crippen LogP contribution in [-0.2, 0) is 0 Å². The molecule has 2 nitrogen and oxygen atoms in total. The van der Waals surface area contributed by atoms with E-state index in [9.17, 15) is 8.78 Å². The van der Waals surface area contributed by atoms with E-state index in [1.54, 1.807) is 4.57 Å². The van der Waals surface area contributed by atoms with Crippen LogP contribution < -0.4 is 0 Å². The predicted molar refractivity (Wildman–Crippen MR) is 68.9 cm³/mol. The van der Waals surface area contributed by atoms with Gasteiger partial charge in [-0.3, -0.25) is 4.57 Å². The molecule has 0 unspecified atom stereocenters. The molecule has 94 valence electrons. The molecule has 4 heteroatoms. The lowest BCUT2D eigenvalue weighted by Crippen LogP contribution is -1.98. The predicted octanol–water partition coefficient (Wildman–Crippen LogP) is 3.82. The van der Waals surface area contributed by atoms with Crippen LogP contribution in [0.4, 0.5) is 8.78 Å². The average Bonchev–Trinajstić information content (AvgIpc) is 2.89. The van der Waals surface area contributed by atoms with Crippen molar-refractivity contribution >= 4 is 0 Å². The van der Waals surface area contributed by atoms with Crippen molar-refractivity contribution in [3.8, 4) is 16.9 Å². The van der Waals surface area contributed by atoms with E-state index in [-0.39, 0.29) is 5.56 Å². The summed E-state index contributed by atoms with van der Waals surface area (Å²) in [5, 5.41) is 0. The fraction of sp³-hybridized carbons (Fsp3) is 0. The molecule has 0 atom stereocenters. The van der Waals surface area contributed by atoms with Crippen molar-refractivity contribution in [2.75, 3.05) is 0 Å². The van der Waals surface area contributed by atoms with Gasteiger partial charge in [0.15, 0.2) is 0 Å². The third-order valence-electron chi connectivity index (χ3n) is 2.89. The second kappa shape index (κ2) is 4.65. The van der Waals surface area contributed by atoms with Crippen LogP contribution in [0.3, 0.4) is 0 Å². The highest BCUT2D eigenvalue weighted by atomic mass is 19.1. The molecule has 0 amide bonds. The van der Waals surface area contributed by atoms with Crippen LogP contribution >= 0.6 is 0 Å². The molecule has 0 aliphatic heterocycles. The van der Waals surface area contributed by atoms with Gasteiger partial charge in [-0.2, -0.15) is 0 Å². The van der Waals surface area contributed by atoms with E-state index in [0.717, 1.165) is 5.69 Å². The van der Waals surface area contributed by atoms with Gasteiger partial charge in [-0.05, 0) is 24.3 Å². The van der Waals surface area contributed by atoms with Gasteiger partial charge in [0.05, 0.1) is 23.8 Å². The monoisotopic (exact) mass is 256 g/mol. The Morgan fingerprint density at radius 3 is 2.21 bits per heavy atom. The van der Waals surface area contributed by atoms with Gasteiger partial charge in [0.25, 0.3) is 0 Å². The molecule has 19 heavy (non-hydrogen) atoms. The highest BCUT2D eigenvalue weighted by Gasteiger charge is 2.15. The quantitative estimate of drug-likeness (QED) is 0.681. The molecule has 0 N–H and O–H groups in total. The molecule has 0 bridgehead atoms. The Balaban J connectivity index is 2.21. The minimum absolute atomic E-state index is 0.0659. The molecule has 0 aliphatic carbocycles. The number of halogens is 2. The molecule has 3 aromatic rings. The van der Waals surface area contributed by atoms with Gasteiger partial charge in [-0.15, -0.1) is 0 Å². The van der Waals surface area contributed by atoms with Crippen molar-refractivity contribution in [2.24, 2.45) is 0 Å². The van der Waals surface area contributed by atoms with Crippen molar-refractivity contribution < 1.29 is 8.78 Å². The highest BCUT2D eigenvalue weighted by Crippen LogP contribution is 2.27. The molecule has 0 saturated carbocycles. The summed E-state index contributed by atoms with van der Waals surface area (Å²) >= 11 is 0. The standard InChI is InChI=1S/C15H10F2N2/c16-12-7-4-8-13(17)15(12)14-9-18-10-19(14)11-5-2-1-3-6-11/h1-10H. The number of benzene rings is 2. The second-order valence-corrected chi connectivity index (χ2v) is 4.08. The second-order valence-electron chi connectivity index (χ2n) is 4.08. The lowest BCUT2D eigenvalue weighted by Gasteiger charge is -2.09.